The summed E-state index contributed by atoms with van der Waals surface area (Å²) in [5.74, 6) is 0.857. The Hall–Kier alpha value is -2.61. The minimum atomic E-state index is -3.77. The first-order valence-electron chi connectivity index (χ1n) is 6.53. The highest BCUT2D eigenvalue weighted by Crippen LogP contribution is 2.21. The van der Waals surface area contributed by atoms with Gasteiger partial charge in [0, 0.05) is 6.07 Å². The average molecular weight is 318 g/mol. The number of benzene rings is 1. The molecule has 3 rings (SSSR count). The van der Waals surface area contributed by atoms with Gasteiger partial charge in [-0.3, -0.25) is 0 Å². The van der Waals surface area contributed by atoms with Crippen molar-refractivity contribution in [2.45, 2.75) is 18.7 Å². The van der Waals surface area contributed by atoms with Crippen LogP contribution in [0.2, 0.25) is 0 Å². The minimum Gasteiger partial charge on any atom is -0.465 e. The molecular formula is C14H14N4O3S. The van der Waals surface area contributed by atoms with Crippen LogP contribution in [0.5, 0.6) is 0 Å². The van der Waals surface area contributed by atoms with Gasteiger partial charge in [-0.2, -0.15) is 4.98 Å². The molecule has 0 radical (unpaired) electrons. The highest BCUT2D eigenvalue weighted by molar-refractivity contribution is 7.92. The Morgan fingerprint density at radius 3 is 2.55 bits per heavy atom. The number of aromatic nitrogens is 3. The summed E-state index contributed by atoms with van der Waals surface area (Å²) in [6.07, 6.45) is 1.45. The minimum absolute atomic E-state index is 0.00195. The van der Waals surface area contributed by atoms with E-state index >= 15 is 0 Å². The maximum Gasteiger partial charge on any atom is 0.267 e. The van der Waals surface area contributed by atoms with E-state index in [1.807, 2.05) is 30.3 Å². The number of nitrogens with zero attached hydrogens (tertiary/aromatic N) is 3. The van der Waals surface area contributed by atoms with Crippen molar-refractivity contribution >= 4 is 16.0 Å². The quantitative estimate of drug-likeness (QED) is 0.797. The van der Waals surface area contributed by atoms with Crippen molar-refractivity contribution in [2.24, 2.45) is 0 Å². The Morgan fingerprint density at radius 2 is 1.91 bits per heavy atom. The molecule has 22 heavy (non-hydrogen) atoms. The van der Waals surface area contributed by atoms with Gasteiger partial charge in [-0.15, -0.1) is 5.10 Å². The van der Waals surface area contributed by atoms with Gasteiger partial charge in [0.2, 0.25) is 0 Å². The van der Waals surface area contributed by atoms with Gasteiger partial charge in [0.1, 0.15) is 22.7 Å². The number of para-hydroxylation sites is 1. The van der Waals surface area contributed by atoms with Gasteiger partial charge in [-0.05, 0) is 26.0 Å². The van der Waals surface area contributed by atoms with Gasteiger partial charge >= 0.3 is 0 Å². The van der Waals surface area contributed by atoms with Crippen molar-refractivity contribution in [3.05, 3.63) is 54.2 Å². The monoisotopic (exact) mass is 318 g/mol. The summed E-state index contributed by atoms with van der Waals surface area (Å²) in [5, 5.41) is 4.11. The molecule has 0 amide bonds. The molecule has 8 heteroatoms. The number of sulfonamides is 1. The first-order valence-corrected chi connectivity index (χ1v) is 8.01. The first-order chi connectivity index (χ1) is 10.5. The number of aryl methyl sites for hydroxylation is 2. The van der Waals surface area contributed by atoms with Gasteiger partial charge in [0.05, 0.1) is 5.69 Å². The molecule has 7 nitrogen and oxygen atoms in total. The summed E-state index contributed by atoms with van der Waals surface area (Å²) in [7, 11) is -3.77. The zero-order chi connectivity index (χ0) is 15.7. The maximum atomic E-state index is 12.3. The second-order valence-electron chi connectivity index (χ2n) is 4.73. The van der Waals surface area contributed by atoms with E-state index in [0.29, 0.717) is 11.5 Å². The van der Waals surface area contributed by atoms with Crippen molar-refractivity contribution in [2.75, 3.05) is 4.72 Å². The van der Waals surface area contributed by atoms with E-state index in [0.717, 1.165) is 5.69 Å². The lowest BCUT2D eigenvalue weighted by Crippen LogP contribution is -2.14. The predicted molar refractivity (Wildman–Crippen MR) is 80.3 cm³/mol. The van der Waals surface area contributed by atoms with Crippen molar-refractivity contribution in [3.8, 4) is 5.69 Å². The molecule has 0 atom stereocenters. The third-order valence-electron chi connectivity index (χ3n) is 3.02. The Bertz CT molecular complexity index is 897. The Labute approximate surface area is 127 Å². The fraction of sp³-hybridized carbons (Fsp3) is 0.143. The van der Waals surface area contributed by atoms with Crippen LogP contribution >= 0.6 is 0 Å². The van der Waals surface area contributed by atoms with Gasteiger partial charge in [-0.1, -0.05) is 18.2 Å². The summed E-state index contributed by atoms with van der Waals surface area (Å²) in [6, 6.07) is 10.8. The molecule has 114 valence electrons. The van der Waals surface area contributed by atoms with Crippen LogP contribution in [0, 0.1) is 13.8 Å². The zero-order valence-electron chi connectivity index (χ0n) is 12.0. The van der Waals surface area contributed by atoms with Crippen LogP contribution in [0.15, 0.2) is 52.0 Å². The molecule has 1 N–H and O–H groups in total. The molecule has 0 fully saturated rings. The second kappa shape index (κ2) is 5.30. The fourth-order valence-corrected chi connectivity index (χ4v) is 3.25. The number of furan rings is 1. The van der Waals surface area contributed by atoms with Crippen molar-refractivity contribution < 1.29 is 12.8 Å². The lowest BCUT2D eigenvalue weighted by atomic mass is 10.3. The molecule has 0 aliphatic heterocycles. The summed E-state index contributed by atoms with van der Waals surface area (Å²) < 4.78 is 33.7. The molecule has 0 saturated carbocycles. The van der Waals surface area contributed by atoms with Gasteiger partial charge in [0.15, 0.2) is 0 Å². The van der Waals surface area contributed by atoms with Crippen LogP contribution in [0.1, 0.15) is 11.5 Å². The summed E-state index contributed by atoms with van der Waals surface area (Å²) in [4.78, 5) is 4.06. The van der Waals surface area contributed by atoms with Gasteiger partial charge in [-0.25, -0.2) is 17.8 Å². The number of hydrogen-bond acceptors (Lipinski definition) is 5. The van der Waals surface area contributed by atoms with E-state index in [4.69, 9.17) is 4.42 Å². The number of hydrogen-bond donors (Lipinski definition) is 1. The zero-order valence-corrected chi connectivity index (χ0v) is 12.8. The average Bonchev–Trinajstić information content (AvgIpc) is 3.06. The molecule has 0 aliphatic carbocycles. The molecule has 0 unspecified atom stereocenters. The molecule has 3 aromatic rings. The van der Waals surface area contributed by atoms with Gasteiger partial charge < -0.3 is 4.42 Å². The van der Waals surface area contributed by atoms with Crippen LogP contribution in [0.25, 0.3) is 5.69 Å². The van der Waals surface area contributed by atoms with Crippen LogP contribution in [-0.2, 0) is 10.0 Å². The van der Waals surface area contributed by atoms with Crippen molar-refractivity contribution in [3.63, 3.8) is 0 Å². The normalized spacial score (nSPS) is 11.5. The lowest BCUT2D eigenvalue weighted by molar-refractivity contribution is 0.496. The van der Waals surface area contributed by atoms with Crippen molar-refractivity contribution in [1.29, 1.82) is 0 Å². The fourth-order valence-electron chi connectivity index (χ4n) is 2.06. The summed E-state index contributed by atoms with van der Waals surface area (Å²) >= 11 is 0. The molecule has 2 heterocycles. The molecule has 1 aromatic carbocycles. The van der Waals surface area contributed by atoms with Crippen LogP contribution in [-0.4, -0.2) is 23.2 Å². The van der Waals surface area contributed by atoms with Gasteiger partial charge in [0.25, 0.3) is 16.0 Å². The van der Waals surface area contributed by atoms with E-state index in [1.165, 1.54) is 17.1 Å². The van der Waals surface area contributed by atoms with Crippen LogP contribution < -0.4 is 4.72 Å². The predicted octanol–water partition coefficient (Wildman–Crippen LogP) is 2.28. The molecule has 0 saturated heterocycles. The standard InChI is InChI=1S/C14H14N4O3S/c1-10-8-13(11(2)21-10)22(19,20)17-14-15-9-18(16-14)12-6-4-3-5-7-12/h3-9H,1-2H3,(H,16,17). The van der Waals surface area contributed by atoms with E-state index < -0.39 is 10.0 Å². The highest BCUT2D eigenvalue weighted by atomic mass is 32.2. The molecule has 0 bridgehead atoms. The number of rotatable bonds is 4. The molecule has 0 aliphatic rings. The number of anilines is 1. The summed E-state index contributed by atoms with van der Waals surface area (Å²) in [5.41, 5.74) is 0.788. The Kier molecular flexibility index (Phi) is 3.45. The largest absolute Gasteiger partial charge is 0.465 e. The second-order valence-corrected chi connectivity index (χ2v) is 6.38. The molecule has 2 aromatic heterocycles. The van der Waals surface area contributed by atoms with Crippen molar-refractivity contribution in [1.82, 2.24) is 14.8 Å². The SMILES string of the molecule is Cc1cc(S(=O)(=O)Nc2ncn(-c3ccccc3)n2)c(C)o1. The van der Waals surface area contributed by atoms with Crippen LogP contribution in [0.3, 0.4) is 0 Å². The van der Waals surface area contributed by atoms with Crippen LogP contribution in [0.4, 0.5) is 5.95 Å². The third-order valence-corrected chi connectivity index (χ3v) is 4.46. The third kappa shape index (κ3) is 2.73. The Balaban J connectivity index is 1.88. The summed E-state index contributed by atoms with van der Waals surface area (Å²) in [6.45, 7) is 3.28. The maximum absolute atomic E-state index is 12.3. The first kappa shape index (κ1) is 14.3. The Morgan fingerprint density at radius 1 is 1.18 bits per heavy atom. The van der Waals surface area contributed by atoms with E-state index in [9.17, 15) is 8.42 Å². The smallest absolute Gasteiger partial charge is 0.267 e. The highest BCUT2D eigenvalue weighted by Gasteiger charge is 2.22. The topological polar surface area (TPSA) is 90.0 Å². The molecule has 0 spiro atoms. The lowest BCUT2D eigenvalue weighted by Gasteiger charge is -2.02. The van der Waals surface area contributed by atoms with E-state index in [2.05, 4.69) is 14.8 Å². The van der Waals surface area contributed by atoms with E-state index in [-0.39, 0.29) is 10.8 Å². The molecular weight excluding hydrogens is 304 g/mol. The number of nitrogens with one attached hydrogen (secondary N) is 1. The van der Waals surface area contributed by atoms with E-state index in [1.54, 1.807) is 13.8 Å².